The second-order valence-electron chi connectivity index (χ2n) is 5.19. The molecule has 1 aromatic heterocycles. The Morgan fingerprint density at radius 1 is 1.00 bits per heavy atom. The van der Waals surface area contributed by atoms with E-state index in [0.29, 0.717) is 18.9 Å². The van der Waals surface area contributed by atoms with Crippen molar-refractivity contribution in [3.8, 4) is 17.0 Å². The van der Waals surface area contributed by atoms with E-state index >= 15 is 0 Å². The molecular formula is C19H17NO2. The minimum Gasteiger partial charge on any atom is -0.411 e. The molecular weight excluding hydrogens is 274 g/mol. The van der Waals surface area contributed by atoms with Crippen LogP contribution in [0.15, 0.2) is 66.9 Å². The lowest BCUT2D eigenvalue weighted by atomic mass is 10.1. The van der Waals surface area contributed by atoms with Crippen molar-refractivity contribution in [1.82, 2.24) is 4.57 Å². The Morgan fingerprint density at radius 3 is 2.27 bits per heavy atom. The number of hydrogen-bond acceptors (Lipinski definition) is 2. The van der Waals surface area contributed by atoms with Gasteiger partial charge in [-0.05, 0) is 23.6 Å². The first-order chi connectivity index (χ1) is 10.8. The summed E-state index contributed by atoms with van der Waals surface area (Å²) in [4.78, 5) is 10.9. The van der Waals surface area contributed by atoms with E-state index < -0.39 is 0 Å². The number of rotatable bonds is 5. The Hall–Kier alpha value is -2.81. The molecule has 3 aromatic rings. The molecule has 3 heteroatoms. The minimum atomic E-state index is 0.489. The number of nitrogens with zero attached hydrogens (tertiary/aromatic N) is 1. The van der Waals surface area contributed by atoms with Crippen LogP contribution in [0.2, 0.25) is 0 Å². The summed E-state index contributed by atoms with van der Waals surface area (Å²) in [6, 6.07) is 20.1. The van der Waals surface area contributed by atoms with Crippen molar-refractivity contribution in [1.29, 1.82) is 0 Å². The molecule has 1 heterocycles. The van der Waals surface area contributed by atoms with Gasteiger partial charge in [0.15, 0.2) is 0 Å². The second kappa shape index (κ2) is 6.31. The van der Waals surface area contributed by atoms with Crippen molar-refractivity contribution in [2.45, 2.75) is 13.5 Å². The Kier molecular flexibility index (Phi) is 4.05. The standard InChI is InChI=1S/C19H17NO2/c1-15-12-20(13-16-8-4-2-5-9-16)19(22-14-21)18(15)17-10-6-3-7-11-17/h2-12,14H,13H2,1H3. The zero-order valence-corrected chi connectivity index (χ0v) is 12.4. The highest BCUT2D eigenvalue weighted by atomic mass is 16.5. The smallest absolute Gasteiger partial charge is 0.299 e. The molecule has 0 saturated carbocycles. The monoisotopic (exact) mass is 291 g/mol. The number of ether oxygens (including phenoxy) is 1. The highest BCUT2D eigenvalue weighted by molar-refractivity contribution is 5.74. The summed E-state index contributed by atoms with van der Waals surface area (Å²) in [5.41, 5.74) is 4.25. The molecule has 0 spiro atoms. The number of carbonyl (C=O) groups excluding carboxylic acids is 1. The summed E-state index contributed by atoms with van der Waals surface area (Å²) in [5, 5.41) is 0. The van der Waals surface area contributed by atoms with Crippen molar-refractivity contribution >= 4 is 6.47 Å². The topological polar surface area (TPSA) is 31.2 Å². The molecule has 0 bridgehead atoms. The van der Waals surface area contributed by atoms with Crippen LogP contribution in [0.25, 0.3) is 11.1 Å². The van der Waals surface area contributed by atoms with Gasteiger partial charge in [0.05, 0.1) is 6.54 Å². The maximum Gasteiger partial charge on any atom is 0.299 e. The summed E-state index contributed by atoms with van der Waals surface area (Å²) in [7, 11) is 0. The summed E-state index contributed by atoms with van der Waals surface area (Å²) < 4.78 is 7.27. The molecule has 22 heavy (non-hydrogen) atoms. The first kappa shape index (κ1) is 14.1. The van der Waals surface area contributed by atoms with E-state index in [1.54, 1.807) is 0 Å². The van der Waals surface area contributed by atoms with Crippen LogP contribution in [0, 0.1) is 6.92 Å². The SMILES string of the molecule is Cc1cn(Cc2ccccc2)c(OC=O)c1-c1ccccc1. The van der Waals surface area contributed by atoms with Crippen molar-refractivity contribution in [2.75, 3.05) is 0 Å². The number of carbonyl (C=O) groups is 1. The van der Waals surface area contributed by atoms with E-state index in [-0.39, 0.29) is 0 Å². The fraction of sp³-hybridized carbons (Fsp3) is 0.105. The average Bonchev–Trinajstić information content (AvgIpc) is 2.85. The van der Waals surface area contributed by atoms with Crippen LogP contribution in [-0.2, 0) is 11.3 Å². The normalized spacial score (nSPS) is 10.4. The maximum atomic E-state index is 10.9. The second-order valence-corrected chi connectivity index (χ2v) is 5.19. The highest BCUT2D eigenvalue weighted by Gasteiger charge is 2.16. The van der Waals surface area contributed by atoms with Gasteiger partial charge < -0.3 is 9.30 Å². The Bertz CT molecular complexity index is 761. The number of benzene rings is 2. The van der Waals surface area contributed by atoms with E-state index in [0.717, 1.165) is 22.3 Å². The van der Waals surface area contributed by atoms with E-state index in [1.807, 2.05) is 66.2 Å². The van der Waals surface area contributed by atoms with Crippen molar-refractivity contribution in [3.05, 3.63) is 78.0 Å². The van der Waals surface area contributed by atoms with Gasteiger partial charge in [0.2, 0.25) is 5.88 Å². The fourth-order valence-corrected chi connectivity index (χ4v) is 2.69. The third-order valence-electron chi connectivity index (χ3n) is 3.64. The van der Waals surface area contributed by atoms with Gasteiger partial charge in [-0.1, -0.05) is 60.7 Å². The lowest BCUT2D eigenvalue weighted by molar-refractivity contribution is -0.121. The van der Waals surface area contributed by atoms with Gasteiger partial charge in [-0.15, -0.1) is 0 Å². The van der Waals surface area contributed by atoms with E-state index in [1.165, 1.54) is 0 Å². The van der Waals surface area contributed by atoms with Gasteiger partial charge >= 0.3 is 0 Å². The van der Waals surface area contributed by atoms with Crippen molar-refractivity contribution < 1.29 is 9.53 Å². The van der Waals surface area contributed by atoms with Gasteiger partial charge in [-0.3, -0.25) is 4.79 Å². The molecule has 0 unspecified atom stereocenters. The lowest BCUT2D eigenvalue weighted by Gasteiger charge is -2.09. The van der Waals surface area contributed by atoms with Crippen molar-refractivity contribution in [2.24, 2.45) is 0 Å². The summed E-state index contributed by atoms with van der Waals surface area (Å²) >= 11 is 0. The quantitative estimate of drug-likeness (QED) is 0.664. The van der Waals surface area contributed by atoms with Gasteiger partial charge in [0, 0.05) is 11.8 Å². The zero-order valence-electron chi connectivity index (χ0n) is 12.4. The van der Waals surface area contributed by atoms with Gasteiger partial charge in [0.1, 0.15) is 0 Å². The average molecular weight is 291 g/mol. The van der Waals surface area contributed by atoms with Crippen LogP contribution < -0.4 is 4.74 Å². The molecule has 0 radical (unpaired) electrons. The molecule has 3 rings (SSSR count). The predicted octanol–water partition coefficient (Wildman–Crippen LogP) is 4.05. The highest BCUT2D eigenvalue weighted by Crippen LogP contribution is 2.35. The minimum absolute atomic E-state index is 0.489. The summed E-state index contributed by atoms with van der Waals surface area (Å²) in [6.45, 7) is 3.18. The Labute approximate surface area is 129 Å². The molecule has 0 atom stereocenters. The molecule has 110 valence electrons. The predicted molar refractivity (Wildman–Crippen MR) is 86.8 cm³/mol. The molecule has 0 fully saturated rings. The first-order valence-electron chi connectivity index (χ1n) is 7.19. The number of aryl methyl sites for hydroxylation is 1. The van der Waals surface area contributed by atoms with Crippen LogP contribution in [0.5, 0.6) is 5.88 Å². The summed E-state index contributed by atoms with van der Waals surface area (Å²) in [6.07, 6.45) is 2.02. The van der Waals surface area contributed by atoms with Gasteiger partial charge in [-0.25, -0.2) is 0 Å². The zero-order chi connectivity index (χ0) is 15.4. The molecule has 0 aliphatic rings. The van der Waals surface area contributed by atoms with Gasteiger partial charge in [0.25, 0.3) is 6.47 Å². The lowest BCUT2D eigenvalue weighted by Crippen LogP contribution is -2.03. The molecule has 0 amide bonds. The molecule has 0 aliphatic heterocycles. The first-order valence-corrected chi connectivity index (χ1v) is 7.19. The van der Waals surface area contributed by atoms with E-state index in [9.17, 15) is 4.79 Å². The maximum absolute atomic E-state index is 10.9. The van der Waals surface area contributed by atoms with E-state index in [2.05, 4.69) is 12.1 Å². The molecule has 0 saturated heterocycles. The van der Waals surface area contributed by atoms with Crippen LogP contribution in [0.4, 0.5) is 0 Å². The van der Waals surface area contributed by atoms with Crippen molar-refractivity contribution in [3.63, 3.8) is 0 Å². The largest absolute Gasteiger partial charge is 0.411 e. The molecule has 0 aliphatic carbocycles. The summed E-state index contributed by atoms with van der Waals surface area (Å²) in [5.74, 6) is 0.586. The Morgan fingerprint density at radius 2 is 1.64 bits per heavy atom. The number of hydrogen-bond donors (Lipinski definition) is 0. The molecule has 3 nitrogen and oxygen atoms in total. The van der Waals surface area contributed by atoms with Crippen LogP contribution in [0.1, 0.15) is 11.1 Å². The van der Waals surface area contributed by atoms with Gasteiger partial charge in [-0.2, -0.15) is 0 Å². The molecule has 2 aromatic carbocycles. The number of aromatic nitrogens is 1. The Balaban J connectivity index is 2.06. The van der Waals surface area contributed by atoms with Crippen LogP contribution >= 0.6 is 0 Å². The third-order valence-corrected chi connectivity index (χ3v) is 3.64. The fourth-order valence-electron chi connectivity index (χ4n) is 2.69. The third kappa shape index (κ3) is 2.79. The van der Waals surface area contributed by atoms with Crippen LogP contribution in [0.3, 0.4) is 0 Å². The van der Waals surface area contributed by atoms with Crippen LogP contribution in [-0.4, -0.2) is 11.0 Å². The van der Waals surface area contributed by atoms with E-state index in [4.69, 9.17) is 4.74 Å². The molecule has 0 N–H and O–H groups in total.